The average molecular weight is 373 g/mol. The van der Waals surface area contributed by atoms with Crippen LogP contribution in [0.25, 0.3) is 0 Å². The molecule has 2 rings (SSSR count). The highest BCUT2D eigenvalue weighted by Gasteiger charge is 2.17. The number of sulfonamides is 1. The third-order valence-corrected chi connectivity index (χ3v) is 4.83. The molecule has 0 saturated carbocycles. The zero-order valence-electron chi connectivity index (χ0n) is 14.4. The first-order valence-electron chi connectivity index (χ1n) is 7.93. The molecule has 1 amide bonds. The molecule has 0 aliphatic heterocycles. The van der Waals surface area contributed by atoms with E-state index in [9.17, 15) is 18.5 Å². The summed E-state index contributed by atoms with van der Waals surface area (Å²) >= 11 is 0. The van der Waals surface area contributed by atoms with E-state index in [0.717, 1.165) is 6.42 Å². The van der Waals surface area contributed by atoms with Crippen LogP contribution in [0.4, 0.5) is 5.69 Å². The lowest BCUT2D eigenvalue weighted by Gasteiger charge is -2.11. The summed E-state index contributed by atoms with van der Waals surface area (Å²) < 4.78 is 33.0. The van der Waals surface area contributed by atoms with Gasteiger partial charge < -0.3 is 10.1 Å². The first-order valence-corrected chi connectivity index (χ1v) is 9.41. The van der Waals surface area contributed by atoms with Crippen LogP contribution in [0.2, 0.25) is 0 Å². The Morgan fingerprint density at radius 3 is 2.65 bits per heavy atom. The standard InChI is InChI=1S/C18H19N3O4S/c1-3-9-25-17-8-7-16(11-14(17)12-19)26(23,24)21-15-6-4-5-13(10-15)18(22)20-2/h4-8,10-11,21H,3,9H2,1-2H3,(H,20,22). The molecule has 7 nitrogen and oxygen atoms in total. The van der Waals surface area contributed by atoms with Gasteiger partial charge in [-0.3, -0.25) is 9.52 Å². The van der Waals surface area contributed by atoms with Crippen molar-refractivity contribution in [3.63, 3.8) is 0 Å². The number of nitrogens with one attached hydrogen (secondary N) is 2. The third kappa shape index (κ3) is 4.52. The summed E-state index contributed by atoms with van der Waals surface area (Å²) in [6, 6.07) is 12.2. The number of carbonyl (C=O) groups is 1. The van der Waals surface area contributed by atoms with Gasteiger partial charge in [0, 0.05) is 18.3 Å². The SMILES string of the molecule is CCCOc1ccc(S(=O)(=O)Nc2cccc(C(=O)NC)c2)cc1C#N. The van der Waals surface area contributed by atoms with Crippen molar-refractivity contribution in [2.45, 2.75) is 18.2 Å². The van der Waals surface area contributed by atoms with Crippen molar-refractivity contribution in [2.75, 3.05) is 18.4 Å². The fourth-order valence-corrected chi connectivity index (χ4v) is 3.26. The number of hydrogen-bond acceptors (Lipinski definition) is 5. The van der Waals surface area contributed by atoms with E-state index >= 15 is 0 Å². The number of ether oxygens (including phenoxy) is 1. The van der Waals surface area contributed by atoms with Crippen molar-refractivity contribution >= 4 is 21.6 Å². The Balaban J connectivity index is 2.30. The molecule has 26 heavy (non-hydrogen) atoms. The average Bonchev–Trinajstić information content (AvgIpc) is 2.65. The smallest absolute Gasteiger partial charge is 0.261 e. The van der Waals surface area contributed by atoms with Gasteiger partial charge in [-0.1, -0.05) is 13.0 Å². The summed E-state index contributed by atoms with van der Waals surface area (Å²) in [5.41, 5.74) is 0.713. The Kier molecular flexibility index (Phi) is 6.20. The van der Waals surface area contributed by atoms with E-state index in [0.29, 0.717) is 17.9 Å². The topological polar surface area (TPSA) is 108 Å². The largest absolute Gasteiger partial charge is 0.492 e. The van der Waals surface area contributed by atoms with Gasteiger partial charge in [0.1, 0.15) is 11.8 Å². The fraction of sp³-hybridized carbons (Fsp3) is 0.222. The zero-order chi connectivity index (χ0) is 19.2. The van der Waals surface area contributed by atoms with Crippen LogP contribution in [-0.4, -0.2) is 28.0 Å². The molecule has 0 aromatic heterocycles. The van der Waals surface area contributed by atoms with Gasteiger partial charge in [0.25, 0.3) is 15.9 Å². The minimum absolute atomic E-state index is 0.0664. The Morgan fingerprint density at radius 2 is 2.00 bits per heavy atom. The molecule has 0 unspecified atom stereocenters. The Bertz CT molecular complexity index is 949. The van der Waals surface area contributed by atoms with Crippen LogP contribution in [0, 0.1) is 11.3 Å². The van der Waals surface area contributed by atoms with Gasteiger partial charge in [0.15, 0.2) is 0 Å². The first-order chi connectivity index (χ1) is 12.4. The molecule has 0 spiro atoms. The maximum atomic E-state index is 12.6. The van der Waals surface area contributed by atoms with E-state index in [1.165, 1.54) is 37.4 Å². The lowest BCUT2D eigenvalue weighted by atomic mass is 10.2. The van der Waals surface area contributed by atoms with Crippen molar-refractivity contribution in [3.8, 4) is 11.8 Å². The van der Waals surface area contributed by atoms with E-state index in [-0.39, 0.29) is 22.1 Å². The Morgan fingerprint density at radius 1 is 1.23 bits per heavy atom. The first kappa shape index (κ1) is 19.3. The summed E-state index contributed by atoms with van der Waals surface area (Å²) in [5, 5.41) is 11.7. The van der Waals surface area contributed by atoms with E-state index in [4.69, 9.17) is 4.74 Å². The lowest BCUT2D eigenvalue weighted by Crippen LogP contribution is -2.18. The second-order valence-electron chi connectivity index (χ2n) is 5.38. The summed E-state index contributed by atoms with van der Waals surface area (Å²) in [4.78, 5) is 11.6. The molecule has 0 radical (unpaired) electrons. The molecule has 2 aromatic rings. The van der Waals surface area contributed by atoms with Crippen LogP contribution >= 0.6 is 0 Å². The van der Waals surface area contributed by atoms with Gasteiger partial charge in [-0.15, -0.1) is 0 Å². The van der Waals surface area contributed by atoms with Gasteiger partial charge in [-0.05, 0) is 42.8 Å². The van der Waals surface area contributed by atoms with Crippen LogP contribution in [0.15, 0.2) is 47.4 Å². The molecule has 8 heteroatoms. The molecule has 136 valence electrons. The maximum absolute atomic E-state index is 12.6. The molecule has 0 aliphatic rings. The third-order valence-electron chi connectivity index (χ3n) is 3.45. The second-order valence-corrected chi connectivity index (χ2v) is 7.07. The number of carbonyl (C=O) groups excluding carboxylic acids is 1. The number of benzene rings is 2. The lowest BCUT2D eigenvalue weighted by molar-refractivity contribution is 0.0963. The monoisotopic (exact) mass is 373 g/mol. The molecule has 0 heterocycles. The highest BCUT2D eigenvalue weighted by atomic mass is 32.2. The molecule has 2 aromatic carbocycles. The molecule has 0 bridgehead atoms. The number of nitrogens with zero attached hydrogens (tertiary/aromatic N) is 1. The predicted octanol–water partition coefficient (Wildman–Crippen LogP) is 2.51. The van der Waals surface area contributed by atoms with E-state index in [2.05, 4.69) is 10.0 Å². The van der Waals surface area contributed by atoms with E-state index in [1.54, 1.807) is 12.1 Å². The van der Waals surface area contributed by atoms with Crippen molar-refractivity contribution in [1.82, 2.24) is 5.32 Å². The van der Waals surface area contributed by atoms with Crippen molar-refractivity contribution in [1.29, 1.82) is 5.26 Å². The fourth-order valence-electron chi connectivity index (χ4n) is 2.18. The highest BCUT2D eigenvalue weighted by Crippen LogP contribution is 2.24. The quantitative estimate of drug-likeness (QED) is 0.775. The molecular weight excluding hydrogens is 354 g/mol. The van der Waals surface area contributed by atoms with Crippen LogP contribution in [-0.2, 0) is 10.0 Å². The van der Waals surface area contributed by atoms with Crippen molar-refractivity contribution in [2.24, 2.45) is 0 Å². The number of nitriles is 1. The molecule has 0 aliphatic carbocycles. The number of amides is 1. The van der Waals surface area contributed by atoms with Gasteiger partial charge in [0.2, 0.25) is 0 Å². The van der Waals surface area contributed by atoms with Gasteiger partial charge >= 0.3 is 0 Å². The minimum atomic E-state index is -3.92. The molecule has 0 fully saturated rings. The number of rotatable bonds is 7. The van der Waals surface area contributed by atoms with Gasteiger partial charge in [-0.25, -0.2) is 8.42 Å². The minimum Gasteiger partial charge on any atom is -0.492 e. The van der Waals surface area contributed by atoms with Gasteiger partial charge in [0.05, 0.1) is 17.1 Å². The number of anilines is 1. The molecule has 2 N–H and O–H groups in total. The summed E-state index contributed by atoms with van der Waals surface area (Å²) in [5.74, 6) is 0.0187. The van der Waals surface area contributed by atoms with Crippen LogP contribution in [0.3, 0.4) is 0 Å². The molecule has 0 saturated heterocycles. The highest BCUT2D eigenvalue weighted by molar-refractivity contribution is 7.92. The maximum Gasteiger partial charge on any atom is 0.261 e. The molecule has 0 atom stereocenters. The normalized spacial score (nSPS) is 10.7. The molecular formula is C18H19N3O4S. The Labute approximate surface area is 152 Å². The van der Waals surface area contributed by atoms with Crippen molar-refractivity contribution in [3.05, 3.63) is 53.6 Å². The van der Waals surface area contributed by atoms with Crippen LogP contribution in [0.5, 0.6) is 5.75 Å². The Hall–Kier alpha value is -3.05. The van der Waals surface area contributed by atoms with Crippen LogP contribution < -0.4 is 14.8 Å². The number of hydrogen-bond donors (Lipinski definition) is 2. The predicted molar refractivity (Wildman–Crippen MR) is 97.6 cm³/mol. The van der Waals surface area contributed by atoms with E-state index in [1.807, 2.05) is 13.0 Å². The summed E-state index contributed by atoms with van der Waals surface area (Å²) in [6.45, 7) is 2.37. The summed E-state index contributed by atoms with van der Waals surface area (Å²) in [6.07, 6.45) is 0.772. The van der Waals surface area contributed by atoms with Gasteiger partial charge in [-0.2, -0.15) is 5.26 Å². The second kappa shape index (κ2) is 8.36. The zero-order valence-corrected chi connectivity index (χ0v) is 15.3. The van der Waals surface area contributed by atoms with Crippen molar-refractivity contribution < 1.29 is 17.9 Å². The van der Waals surface area contributed by atoms with E-state index < -0.39 is 10.0 Å². The summed E-state index contributed by atoms with van der Waals surface area (Å²) in [7, 11) is -2.43. The van der Waals surface area contributed by atoms with Crippen LogP contribution in [0.1, 0.15) is 29.3 Å².